The van der Waals surface area contributed by atoms with Crippen molar-refractivity contribution in [2.45, 2.75) is 12.1 Å². The van der Waals surface area contributed by atoms with E-state index in [4.69, 9.17) is 14.3 Å². The number of hydroxylamine groups is 1. The van der Waals surface area contributed by atoms with Crippen molar-refractivity contribution in [1.29, 1.82) is 0 Å². The Balaban J connectivity index is 1.60. The molecule has 0 N–H and O–H groups in total. The van der Waals surface area contributed by atoms with E-state index in [-0.39, 0.29) is 11.4 Å². The first-order valence-electron chi connectivity index (χ1n) is 10.8. The largest absolute Gasteiger partial charge is 0.497 e. The standard InChI is InChI=1S/C25H21N3O7/c1-33-18-12-13-20(34-2)19(14-18)22-21-23(35-27(22)16-6-4-3-5-7-16)25(30)26(24(21)29)15-8-10-17(11-9-15)28(31)32/h3-14,21-23H,1-2H3/t21-,22-,23+/m1/s1. The summed E-state index contributed by atoms with van der Waals surface area (Å²) >= 11 is 0. The predicted molar refractivity (Wildman–Crippen MR) is 125 cm³/mol. The Bertz CT molecular complexity index is 1300. The van der Waals surface area contributed by atoms with E-state index in [1.807, 2.05) is 30.3 Å². The van der Waals surface area contributed by atoms with E-state index < -0.39 is 34.8 Å². The van der Waals surface area contributed by atoms with Crippen molar-refractivity contribution in [3.63, 3.8) is 0 Å². The van der Waals surface area contributed by atoms with Crippen molar-refractivity contribution in [3.05, 3.63) is 88.5 Å². The SMILES string of the molecule is COc1ccc(OC)c([C@@H]2[C@H]3C(=O)N(c4ccc([N+](=O)[O-])cc4)C(=O)[C@H]3ON2c2ccccc2)c1. The number of rotatable bonds is 6. The predicted octanol–water partition coefficient (Wildman–Crippen LogP) is 3.66. The summed E-state index contributed by atoms with van der Waals surface area (Å²) in [5.74, 6) is -0.837. The minimum Gasteiger partial charge on any atom is -0.497 e. The van der Waals surface area contributed by atoms with Gasteiger partial charge in [0.25, 0.3) is 11.6 Å². The second-order valence-electron chi connectivity index (χ2n) is 8.05. The summed E-state index contributed by atoms with van der Waals surface area (Å²) in [4.78, 5) is 44.8. The number of hydrogen-bond acceptors (Lipinski definition) is 8. The Morgan fingerprint density at radius 2 is 1.60 bits per heavy atom. The number of anilines is 2. The van der Waals surface area contributed by atoms with Gasteiger partial charge in [0.2, 0.25) is 5.91 Å². The van der Waals surface area contributed by atoms with Crippen molar-refractivity contribution in [2.24, 2.45) is 5.92 Å². The number of para-hydroxylation sites is 1. The van der Waals surface area contributed by atoms with Gasteiger partial charge in [-0.25, -0.2) is 9.96 Å². The van der Waals surface area contributed by atoms with Crippen LogP contribution >= 0.6 is 0 Å². The third-order valence-corrected chi connectivity index (χ3v) is 6.20. The maximum absolute atomic E-state index is 13.7. The number of ether oxygens (including phenoxy) is 2. The molecule has 0 aliphatic carbocycles. The van der Waals surface area contributed by atoms with Crippen molar-refractivity contribution in [2.75, 3.05) is 24.2 Å². The van der Waals surface area contributed by atoms with Crippen LogP contribution < -0.4 is 19.4 Å². The number of benzene rings is 3. The summed E-state index contributed by atoms with van der Waals surface area (Å²) in [5, 5.41) is 12.6. The normalized spacial score (nSPS) is 21.3. The Hall–Kier alpha value is -4.44. The lowest BCUT2D eigenvalue weighted by molar-refractivity contribution is -0.384. The van der Waals surface area contributed by atoms with Crippen molar-refractivity contribution < 1.29 is 28.8 Å². The highest BCUT2D eigenvalue weighted by molar-refractivity contribution is 6.24. The molecule has 0 aromatic heterocycles. The fourth-order valence-corrected chi connectivity index (χ4v) is 4.58. The number of amides is 2. The van der Waals surface area contributed by atoms with Crippen LogP contribution in [-0.4, -0.2) is 37.1 Å². The molecule has 0 radical (unpaired) electrons. The number of non-ortho nitro benzene ring substituents is 1. The number of fused-ring (bicyclic) bond motifs is 1. The van der Waals surface area contributed by atoms with E-state index in [1.165, 1.54) is 38.5 Å². The van der Waals surface area contributed by atoms with Crippen LogP contribution in [0.1, 0.15) is 11.6 Å². The Morgan fingerprint density at radius 3 is 2.23 bits per heavy atom. The van der Waals surface area contributed by atoms with Crippen molar-refractivity contribution in [1.82, 2.24) is 0 Å². The third-order valence-electron chi connectivity index (χ3n) is 6.20. The molecule has 2 amide bonds. The van der Waals surface area contributed by atoms with Gasteiger partial charge in [0.1, 0.15) is 23.5 Å². The molecule has 2 heterocycles. The van der Waals surface area contributed by atoms with Gasteiger partial charge in [-0.05, 0) is 42.5 Å². The number of nitro benzene ring substituents is 1. The van der Waals surface area contributed by atoms with Gasteiger partial charge in [-0.1, -0.05) is 18.2 Å². The number of nitro groups is 1. The van der Waals surface area contributed by atoms with Gasteiger partial charge in [0.05, 0.1) is 30.5 Å². The summed E-state index contributed by atoms with van der Waals surface area (Å²) < 4.78 is 11.0. The Kier molecular flexibility index (Phi) is 5.58. The molecule has 2 saturated heterocycles. The van der Waals surface area contributed by atoms with Crippen molar-refractivity contribution in [3.8, 4) is 11.5 Å². The number of imide groups is 1. The molecule has 0 bridgehead atoms. The van der Waals surface area contributed by atoms with Crippen LogP contribution in [0.2, 0.25) is 0 Å². The lowest BCUT2D eigenvalue weighted by Crippen LogP contribution is -2.37. The molecule has 5 rings (SSSR count). The molecular formula is C25H21N3O7. The minimum absolute atomic E-state index is 0.140. The number of nitrogens with zero attached hydrogens (tertiary/aromatic N) is 3. The molecule has 3 aromatic rings. The van der Waals surface area contributed by atoms with Crippen LogP contribution in [0, 0.1) is 16.0 Å². The molecule has 0 saturated carbocycles. The number of hydrogen-bond donors (Lipinski definition) is 0. The van der Waals surface area contributed by atoms with Gasteiger partial charge >= 0.3 is 0 Å². The zero-order valence-corrected chi connectivity index (χ0v) is 18.9. The van der Waals surface area contributed by atoms with Gasteiger partial charge in [-0.2, -0.15) is 0 Å². The quantitative estimate of drug-likeness (QED) is 0.302. The van der Waals surface area contributed by atoms with E-state index in [1.54, 1.807) is 23.3 Å². The minimum atomic E-state index is -1.08. The molecule has 2 aliphatic heterocycles. The second kappa shape index (κ2) is 8.73. The van der Waals surface area contributed by atoms with E-state index in [2.05, 4.69) is 0 Å². The Labute approximate surface area is 200 Å². The number of carbonyl (C=O) groups excluding carboxylic acids is 2. The average molecular weight is 475 g/mol. The van der Waals surface area contributed by atoms with Gasteiger partial charge in [0, 0.05) is 17.7 Å². The summed E-state index contributed by atoms with van der Waals surface area (Å²) in [7, 11) is 3.06. The number of methoxy groups -OCH3 is 2. The fourth-order valence-electron chi connectivity index (χ4n) is 4.58. The zero-order chi connectivity index (χ0) is 24.7. The average Bonchev–Trinajstić information content (AvgIpc) is 3.39. The summed E-state index contributed by atoms with van der Waals surface area (Å²) in [6, 6.07) is 19.0. The maximum atomic E-state index is 13.7. The molecule has 0 unspecified atom stereocenters. The highest BCUT2D eigenvalue weighted by atomic mass is 16.7. The first-order chi connectivity index (χ1) is 16.9. The monoisotopic (exact) mass is 475 g/mol. The van der Waals surface area contributed by atoms with Crippen LogP contribution in [0.3, 0.4) is 0 Å². The van der Waals surface area contributed by atoms with Crippen LogP contribution in [0.15, 0.2) is 72.8 Å². The summed E-state index contributed by atoms with van der Waals surface area (Å²) in [5.41, 5.74) is 1.39. The molecule has 0 spiro atoms. The van der Waals surface area contributed by atoms with Gasteiger partial charge in [-0.15, -0.1) is 0 Å². The molecule has 3 atom stereocenters. The van der Waals surface area contributed by atoms with E-state index in [9.17, 15) is 19.7 Å². The second-order valence-corrected chi connectivity index (χ2v) is 8.05. The van der Waals surface area contributed by atoms with Crippen LogP contribution in [0.4, 0.5) is 17.1 Å². The van der Waals surface area contributed by atoms with Crippen LogP contribution in [0.25, 0.3) is 0 Å². The first kappa shape index (κ1) is 22.4. The molecule has 35 heavy (non-hydrogen) atoms. The third kappa shape index (κ3) is 3.64. The molecule has 178 valence electrons. The van der Waals surface area contributed by atoms with Crippen molar-refractivity contribution >= 4 is 28.9 Å². The molecule has 3 aromatic carbocycles. The Morgan fingerprint density at radius 1 is 0.886 bits per heavy atom. The van der Waals surface area contributed by atoms with Gasteiger partial charge in [0.15, 0.2) is 6.10 Å². The lowest BCUT2D eigenvalue weighted by Gasteiger charge is -2.29. The highest BCUT2D eigenvalue weighted by Crippen LogP contribution is 2.50. The van der Waals surface area contributed by atoms with E-state index in [0.29, 0.717) is 22.7 Å². The molecular weight excluding hydrogens is 454 g/mol. The highest BCUT2D eigenvalue weighted by Gasteiger charge is 2.60. The summed E-state index contributed by atoms with van der Waals surface area (Å²) in [6.07, 6.45) is -1.08. The molecule has 10 heteroatoms. The number of carbonyl (C=O) groups is 2. The first-order valence-corrected chi connectivity index (χ1v) is 10.8. The maximum Gasteiger partial charge on any atom is 0.269 e. The molecule has 2 fully saturated rings. The van der Waals surface area contributed by atoms with Crippen LogP contribution in [-0.2, 0) is 14.4 Å². The lowest BCUT2D eigenvalue weighted by atomic mass is 9.89. The topological polar surface area (TPSA) is 111 Å². The van der Waals surface area contributed by atoms with Gasteiger partial charge < -0.3 is 9.47 Å². The fraction of sp³-hybridized carbons (Fsp3) is 0.200. The smallest absolute Gasteiger partial charge is 0.269 e. The zero-order valence-electron chi connectivity index (χ0n) is 18.9. The molecule has 10 nitrogen and oxygen atoms in total. The summed E-state index contributed by atoms with van der Waals surface area (Å²) in [6.45, 7) is 0. The van der Waals surface area contributed by atoms with E-state index >= 15 is 0 Å². The molecule has 2 aliphatic rings. The van der Waals surface area contributed by atoms with Crippen LogP contribution in [0.5, 0.6) is 11.5 Å². The van der Waals surface area contributed by atoms with E-state index in [0.717, 1.165) is 4.90 Å². The van der Waals surface area contributed by atoms with Gasteiger partial charge in [-0.3, -0.25) is 24.5 Å².